The van der Waals surface area contributed by atoms with E-state index in [1.165, 1.54) is 5.56 Å². The van der Waals surface area contributed by atoms with Gasteiger partial charge in [-0.2, -0.15) is 0 Å². The second-order valence-corrected chi connectivity index (χ2v) is 5.35. The van der Waals surface area contributed by atoms with E-state index < -0.39 is 0 Å². The number of aromatic nitrogens is 1. The predicted octanol–water partition coefficient (Wildman–Crippen LogP) is 3.40. The zero-order valence-corrected chi connectivity index (χ0v) is 12.9. The minimum atomic E-state index is 0.743. The van der Waals surface area contributed by atoms with Gasteiger partial charge in [0.1, 0.15) is 0 Å². The van der Waals surface area contributed by atoms with E-state index in [0.717, 1.165) is 35.2 Å². The summed E-state index contributed by atoms with van der Waals surface area (Å²) in [6.45, 7) is 3.57. The van der Waals surface area contributed by atoms with Gasteiger partial charge in [-0.3, -0.25) is 4.98 Å². The van der Waals surface area contributed by atoms with Crippen LogP contribution in [0.4, 0.5) is 5.69 Å². The summed E-state index contributed by atoms with van der Waals surface area (Å²) in [5, 5.41) is 3.89. The van der Waals surface area contributed by atoms with E-state index in [-0.39, 0.29) is 0 Å². The van der Waals surface area contributed by atoms with Crippen molar-refractivity contribution in [3.63, 3.8) is 0 Å². The molecule has 0 bridgehead atoms. The molecule has 2 aromatic rings. The first-order chi connectivity index (χ1) is 9.60. The van der Waals surface area contributed by atoms with Crippen molar-refractivity contribution in [3.05, 3.63) is 58.4 Å². The lowest BCUT2D eigenvalue weighted by atomic mass is 10.2. The number of aryl methyl sites for hydroxylation is 1. The summed E-state index contributed by atoms with van der Waals surface area (Å²) in [5.41, 5.74) is 4.28. The number of rotatable bonds is 5. The van der Waals surface area contributed by atoms with E-state index in [1.54, 1.807) is 0 Å². The number of halogens is 1. The summed E-state index contributed by atoms with van der Waals surface area (Å²) in [7, 11) is 3.96. The summed E-state index contributed by atoms with van der Waals surface area (Å²) < 4.78 is 0. The second kappa shape index (κ2) is 6.73. The van der Waals surface area contributed by atoms with Gasteiger partial charge in [-0.1, -0.05) is 23.7 Å². The van der Waals surface area contributed by atoms with Crippen molar-refractivity contribution < 1.29 is 0 Å². The Morgan fingerprint density at radius 1 is 1.25 bits per heavy atom. The first-order valence-electron chi connectivity index (χ1n) is 6.67. The average molecular weight is 290 g/mol. The molecule has 1 N–H and O–H groups in total. The van der Waals surface area contributed by atoms with Gasteiger partial charge in [-0.15, -0.1) is 0 Å². The van der Waals surface area contributed by atoms with Gasteiger partial charge in [0, 0.05) is 19.3 Å². The zero-order valence-electron chi connectivity index (χ0n) is 12.2. The van der Waals surface area contributed by atoms with Crippen molar-refractivity contribution in [1.82, 2.24) is 10.3 Å². The van der Waals surface area contributed by atoms with Crippen molar-refractivity contribution in [2.45, 2.75) is 20.0 Å². The normalized spacial score (nSPS) is 10.6. The van der Waals surface area contributed by atoms with Crippen LogP contribution in [0.5, 0.6) is 0 Å². The molecule has 1 heterocycles. The number of pyridine rings is 1. The third kappa shape index (κ3) is 3.71. The van der Waals surface area contributed by atoms with E-state index >= 15 is 0 Å². The van der Waals surface area contributed by atoms with Crippen LogP contribution in [0.15, 0.2) is 36.4 Å². The molecule has 3 nitrogen and oxygen atoms in total. The van der Waals surface area contributed by atoms with E-state index in [0.29, 0.717) is 0 Å². The largest absolute Gasteiger partial charge is 0.367 e. The van der Waals surface area contributed by atoms with Gasteiger partial charge in [-0.05, 0) is 43.8 Å². The highest BCUT2D eigenvalue weighted by Gasteiger charge is 2.08. The minimum absolute atomic E-state index is 0.743. The van der Waals surface area contributed by atoms with Gasteiger partial charge >= 0.3 is 0 Å². The molecule has 20 heavy (non-hydrogen) atoms. The summed E-state index contributed by atoms with van der Waals surface area (Å²) in [6, 6.07) is 12.2. The third-order valence-corrected chi connectivity index (χ3v) is 3.45. The molecule has 0 saturated heterocycles. The molecule has 0 aliphatic carbocycles. The summed E-state index contributed by atoms with van der Waals surface area (Å²) in [6.07, 6.45) is 0. The van der Waals surface area contributed by atoms with E-state index in [1.807, 2.05) is 45.3 Å². The fourth-order valence-electron chi connectivity index (χ4n) is 2.19. The van der Waals surface area contributed by atoms with Crippen LogP contribution in [0.25, 0.3) is 0 Å². The van der Waals surface area contributed by atoms with Crippen LogP contribution in [0.1, 0.15) is 17.0 Å². The van der Waals surface area contributed by atoms with Crippen LogP contribution in [0.2, 0.25) is 5.02 Å². The zero-order chi connectivity index (χ0) is 14.5. The van der Waals surface area contributed by atoms with Crippen LogP contribution in [0.3, 0.4) is 0 Å². The maximum Gasteiger partial charge on any atom is 0.0642 e. The van der Waals surface area contributed by atoms with Gasteiger partial charge in [0.05, 0.1) is 22.9 Å². The molecule has 0 aliphatic heterocycles. The van der Waals surface area contributed by atoms with Crippen molar-refractivity contribution in [2.24, 2.45) is 0 Å². The summed E-state index contributed by atoms with van der Waals surface area (Å²) >= 11 is 6.37. The lowest BCUT2D eigenvalue weighted by Crippen LogP contribution is -2.18. The van der Waals surface area contributed by atoms with E-state index in [4.69, 9.17) is 11.6 Å². The van der Waals surface area contributed by atoms with Crippen molar-refractivity contribution in [1.29, 1.82) is 0 Å². The molecule has 0 fully saturated rings. The Morgan fingerprint density at radius 2 is 2.05 bits per heavy atom. The quantitative estimate of drug-likeness (QED) is 0.914. The molecule has 0 atom stereocenters. The molecule has 106 valence electrons. The third-order valence-electron chi connectivity index (χ3n) is 3.15. The molecule has 0 radical (unpaired) electrons. The van der Waals surface area contributed by atoms with Crippen LogP contribution in [0, 0.1) is 6.92 Å². The molecule has 0 unspecified atom stereocenters. The smallest absolute Gasteiger partial charge is 0.0642 e. The topological polar surface area (TPSA) is 28.2 Å². The first kappa shape index (κ1) is 14.8. The average Bonchev–Trinajstić information content (AvgIpc) is 2.39. The summed E-state index contributed by atoms with van der Waals surface area (Å²) in [5.74, 6) is 0. The molecular weight excluding hydrogens is 270 g/mol. The van der Waals surface area contributed by atoms with Crippen molar-refractivity contribution >= 4 is 17.3 Å². The first-order valence-corrected chi connectivity index (χ1v) is 7.04. The number of nitrogens with one attached hydrogen (secondary N) is 1. The van der Waals surface area contributed by atoms with Crippen LogP contribution in [-0.2, 0) is 13.1 Å². The number of hydrogen-bond donors (Lipinski definition) is 1. The Morgan fingerprint density at radius 3 is 2.70 bits per heavy atom. The maximum absolute atomic E-state index is 6.37. The second-order valence-electron chi connectivity index (χ2n) is 4.94. The Balaban J connectivity index is 2.14. The Bertz CT molecular complexity index is 584. The Hall–Kier alpha value is -1.58. The SMILES string of the molecule is CNCc1ccc(N(C)Cc2cccc(C)n2)c(Cl)c1. The molecular formula is C16H20ClN3. The highest BCUT2D eigenvalue weighted by atomic mass is 35.5. The van der Waals surface area contributed by atoms with Crippen molar-refractivity contribution in [3.8, 4) is 0 Å². The molecule has 0 amide bonds. The standard InChI is InChI=1S/C16H20ClN3/c1-12-5-4-6-14(19-12)11-20(3)16-8-7-13(10-18-2)9-15(16)17/h4-9,18H,10-11H2,1-3H3. The van der Waals surface area contributed by atoms with Gasteiger partial charge in [0.15, 0.2) is 0 Å². The fourth-order valence-corrected chi connectivity index (χ4v) is 2.54. The lowest BCUT2D eigenvalue weighted by Gasteiger charge is -2.21. The molecule has 0 aliphatic rings. The highest BCUT2D eigenvalue weighted by molar-refractivity contribution is 6.33. The molecule has 4 heteroatoms. The van der Waals surface area contributed by atoms with Gasteiger partial charge < -0.3 is 10.2 Å². The number of anilines is 1. The van der Waals surface area contributed by atoms with Crippen molar-refractivity contribution in [2.75, 3.05) is 19.0 Å². The number of hydrogen-bond acceptors (Lipinski definition) is 3. The lowest BCUT2D eigenvalue weighted by molar-refractivity contribution is 0.816. The fraction of sp³-hybridized carbons (Fsp3) is 0.312. The highest BCUT2D eigenvalue weighted by Crippen LogP contribution is 2.27. The van der Waals surface area contributed by atoms with Gasteiger partial charge in [0.25, 0.3) is 0 Å². The number of nitrogens with zero attached hydrogens (tertiary/aromatic N) is 2. The molecule has 1 aromatic heterocycles. The Kier molecular flexibility index (Phi) is 4.99. The van der Waals surface area contributed by atoms with Gasteiger partial charge in [0.2, 0.25) is 0 Å². The monoisotopic (exact) mass is 289 g/mol. The maximum atomic E-state index is 6.37. The molecule has 1 aromatic carbocycles. The molecule has 0 spiro atoms. The minimum Gasteiger partial charge on any atom is -0.367 e. The molecule has 2 rings (SSSR count). The van der Waals surface area contributed by atoms with Crippen LogP contribution < -0.4 is 10.2 Å². The van der Waals surface area contributed by atoms with E-state index in [2.05, 4.69) is 27.3 Å². The van der Waals surface area contributed by atoms with Crippen LogP contribution >= 0.6 is 11.6 Å². The molecule has 0 saturated carbocycles. The summed E-state index contributed by atoms with van der Waals surface area (Å²) in [4.78, 5) is 6.64. The van der Waals surface area contributed by atoms with E-state index in [9.17, 15) is 0 Å². The van der Waals surface area contributed by atoms with Crippen LogP contribution in [-0.4, -0.2) is 19.1 Å². The van der Waals surface area contributed by atoms with Gasteiger partial charge in [-0.25, -0.2) is 0 Å². The predicted molar refractivity (Wildman–Crippen MR) is 85.3 cm³/mol. The Labute approximate surface area is 125 Å². The number of benzene rings is 1.